The fourth-order valence-corrected chi connectivity index (χ4v) is 1.99. The van der Waals surface area contributed by atoms with Gasteiger partial charge in [-0.15, -0.1) is 0 Å². The number of hydrogen-bond acceptors (Lipinski definition) is 3. The molecular weight excluding hydrogens is 212 g/mol. The van der Waals surface area contributed by atoms with E-state index in [4.69, 9.17) is 5.26 Å². The second-order valence-electron chi connectivity index (χ2n) is 4.33. The largest absolute Gasteiger partial charge is 0.263 e. The van der Waals surface area contributed by atoms with Gasteiger partial charge in [-0.05, 0) is 23.6 Å². The maximum absolute atomic E-state index is 8.78. The van der Waals surface area contributed by atoms with Crippen LogP contribution in [0.25, 0.3) is 0 Å². The predicted octanol–water partition coefficient (Wildman–Crippen LogP) is 2.46. The van der Waals surface area contributed by atoms with Crippen molar-refractivity contribution < 1.29 is 0 Å². The Labute approximate surface area is 100 Å². The topological polar surface area (TPSA) is 65.4 Å². The Morgan fingerprint density at radius 1 is 1.24 bits per heavy atom. The van der Waals surface area contributed by atoms with Crippen molar-refractivity contribution in [1.29, 1.82) is 5.26 Å². The van der Waals surface area contributed by atoms with E-state index in [1.54, 1.807) is 0 Å². The number of nitrogens with one attached hydrogen (secondary N) is 1. The minimum atomic E-state index is 0.185. The van der Waals surface area contributed by atoms with Crippen LogP contribution in [0.3, 0.4) is 0 Å². The van der Waals surface area contributed by atoms with Gasteiger partial charge in [0.05, 0.1) is 11.6 Å². The van der Waals surface area contributed by atoms with Crippen LogP contribution < -0.4 is 0 Å². The van der Waals surface area contributed by atoms with E-state index in [1.165, 1.54) is 6.33 Å². The zero-order valence-electron chi connectivity index (χ0n) is 9.88. The van der Waals surface area contributed by atoms with Crippen LogP contribution in [0.1, 0.15) is 36.7 Å². The molecule has 1 N–H and O–H groups in total. The molecule has 0 amide bonds. The van der Waals surface area contributed by atoms with Gasteiger partial charge in [-0.1, -0.05) is 26.0 Å². The summed E-state index contributed by atoms with van der Waals surface area (Å²) in [5.41, 5.74) is 1.82. The summed E-state index contributed by atoms with van der Waals surface area (Å²) >= 11 is 0. The fraction of sp³-hybridized carbons (Fsp3) is 0.308. The smallest absolute Gasteiger partial charge is 0.137 e. The van der Waals surface area contributed by atoms with Gasteiger partial charge < -0.3 is 0 Å². The molecule has 0 spiro atoms. The molecule has 0 aliphatic rings. The highest BCUT2D eigenvalue weighted by Gasteiger charge is 2.20. The maximum Gasteiger partial charge on any atom is 0.137 e. The Balaban J connectivity index is 2.37. The number of H-pyrrole nitrogens is 1. The summed E-state index contributed by atoms with van der Waals surface area (Å²) in [5.74, 6) is 1.46. The number of nitriles is 1. The van der Waals surface area contributed by atoms with E-state index in [0.29, 0.717) is 11.5 Å². The lowest BCUT2D eigenvalue weighted by Gasteiger charge is -2.18. The first kappa shape index (κ1) is 11.3. The lowest BCUT2D eigenvalue weighted by molar-refractivity contribution is 0.540. The third kappa shape index (κ3) is 2.34. The van der Waals surface area contributed by atoms with E-state index < -0.39 is 0 Å². The van der Waals surface area contributed by atoms with E-state index in [1.807, 2.05) is 24.3 Å². The van der Waals surface area contributed by atoms with Crippen LogP contribution in [-0.4, -0.2) is 15.2 Å². The Kier molecular flexibility index (Phi) is 3.20. The third-order valence-corrected chi connectivity index (χ3v) is 2.79. The highest BCUT2D eigenvalue weighted by molar-refractivity contribution is 5.35. The van der Waals surface area contributed by atoms with Gasteiger partial charge in [0, 0.05) is 5.92 Å². The summed E-state index contributed by atoms with van der Waals surface area (Å²) in [6.07, 6.45) is 1.52. The molecule has 4 heteroatoms. The maximum atomic E-state index is 8.78. The summed E-state index contributed by atoms with van der Waals surface area (Å²) < 4.78 is 0. The normalized spacial score (nSPS) is 12.4. The van der Waals surface area contributed by atoms with E-state index in [-0.39, 0.29) is 5.92 Å². The summed E-state index contributed by atoms with van der Waals surface area (Å²) in [7, 11) is 0. The Hall–Kier alpha value is -2.15. The van der Waals surface area contributed by atoms with E-state index in [9.17, 15) is 0 Å². The monoisotopic (exact) mass is 226 g/mol. The van der Waals surface area contributed by atoms with Gasteiger partial charge in [-0.3, -0.25) is 5.10 Å². The zero-order valence-corrected chi connectivity index (χ0v) is 9.88. The van der Waals surface area contributed by atoms with Crippen LogP contribution in [0.15, 0.2) is 30.6 Å². The molecule has 1 aromatic heterocycles. The molecule has 0 aliphatic carbocycles. The van der Waals surface area contributed by atoms with Crippen molar-refractivity contribution in [3.05, 3.63) is 47.5 Å². The molecule has 1 atom stereocenters. The lowest BCUT2D eigenvalue weighted by Crippen LogP contribution is -2.10. The third-order valence-electron chi connectivity index (χ3n) is 2.79. The predicted molar refractivity (Wildman–Crippen MR) is 64.2 cm³/mol. The average molecular weight is 226 g/mol. The standard InChI is InChI=1S/C13H14N4/c1-9(2)12(13-15-8-16-17-13)11-5-3-10(7-14)4-6-11/h3-6,8-9,12H,1-2H3,(H,15,16,17). The molecule has 0 bridgehead atoms. The quantitative estimate of drug-likeness (QED) is 0.874. The molecule has 2 aromatic rings. The van der Waals surface area contributed by atoms with Crippen molar-refractivity contribution in [2.45, 2.75) is 19.8 Å². The molecule has 0 saturated carbocycles. The van der Waals surface area contributed by atoms with Gasteiger partial charge in [-0.2, -0.15) is 10.4 Å². The van der Waals surface area contributed by atoms with E-state index >= 15 is 0 Å². The van der Waals surface area contributed by atoms with Crippen molar-refractivity contribution in [2.75, 3.05) is 0 Å². The molecule has 1 unspecified atom stereocenters. The Bertz CT molecular complexity index is 505. The summed E-state index contributed by atoms with van der Waals surface area (Å²) in [6, 6.07) is 9.75. The molecule has 0 fully saturated rings. The first-order valence-electron chi connectivity index (χ1n) is 5.57. The van der Waals surface area contributed by atoms with Crippen molar-refractivity contribution >= 4 is 0 Å². The summed E-state index contributed by atoms with van der Waals surface area (Å²) in [6.45, 7) is 4.29. The SMILES string of the molecule is CC(C)C(c1ccc(C#N)cc1)c1ncn[nH]1. The van der Waals surface area contributed by atoms with Crippen LogP contribution in [0.5, 0.6) is 0 Å². The molecule has 86 valence electrons. The van der Waals surface area contributed by atoms with Crippen molar-refractivity contribution in [3.8, 4) is 6.07 Å². The van der Waals surface area contributed by atoms with Crippen LogP contribution in [0.2, 0.25) is 0 Å². The summed E-state index contributed by atoms with van der Waals surface area (Å²) in [4.78, 5) is 4.23. The average Bonchev–Trinajstić information content (AvgIpc) is 2.83. The van der Waals surface area contributed by atoms with Gasteiger partial charge in [-0.25, -0.2) is 4.98 Å². The molecule has 0 aliphatic heterocycles. The number of aromatic amines is 1. The lowest BCUT2D eigenvalue weighted by atomic mass is 9.87. The number of benzene rings is 1. The van der Waals surface area contributed by atoms with Gasteiger partial charge in [0.1, 0.15) is 12.2 Å². The molecular formula is C13H14N4. The molecule has 1 heterocycles. The first-order valence-corrected chi connectivity index (χ1v) is 5.57. The number of hydrogen-bond donors (Lipinski definition) is 1. The minimum absolute atomic E-state index is 0.185. The van der Waals surface area contributed by atoms with E-state index in [0.717, 1.165) is 11.4 Å². The first-order chi connectivity index (χ1) is 8.22. The van der Waals surface area contributed by atoms with Gasteiger partial charge in [0.15, 0.2) is 0 Å². The highest BCUT2D eigenvalue weighted by atomic mass is 15.2. The molecule has 17 heavy (non-hydrogen) atoms. The second-order valence-corrected chi connectivity index (χ2v) is 4.33. The number of aromatic nitrogens is 3. The molecule has 4 nitrogen and oxygen atoms in total. The summed E-state index contributed by atoms with van der Waals surface area (Å²) in [5, 5.41) is 15.6. The van der Waals surface area contributed by atoms with Crippen LogP contribution in [0.4, 0.5) is 0 Å². The Morgan fingerprint density at radius 2 is 1.94 bits per heavy atom. The minimum Gasteiger partial charge on any atom is -0.263 e. The molecule has 1 aromatic carbocycles. The highest BCUT2D eigenvalue weighted by Crippen LogP contribution is 2.29. The van der Waals surface area contributed by atoms with Crippen molar-refractivity contribution in [1.82, 2.24) is 15.2 Å². The van der Waals surface area contributed by atoms with E-state index in [2.05, 4.69) is 35.1 Å². The van der Waals surface area contributed by atoms with Gasteiger partial charge in [0.25, 0.3) is 0 Å². The molecule has 0 radical (unpaired) electrons. The van der Waals surface area contributed by atoms with Crippen molar-refractivity contribution in [3.63, 3.8) is 0 Å². The van der Waals surface area contributed by atoms with Crippen LogP contribution in [0, 0.1) is 17.2 Å². The van der Waals surface area contributed by atoms with Gasteiger partial charge >= 0.3 is 0 Å². The second kappa shape index (κ2) is 4.79. The Morgan fingerprint density at radius 3 is 2.41 bits per heavy atom. The number of rotatable bonds is 3. The van der Waals surface area contributed by atoms with Gasteiger partial charge in [0.2, 0.25) is 0 Å². The van der Waals surface area contributed by atoms with Crippen molar-refractivity contribution in [2.24, 2.45) is 5.92 Å². The van der Waals surface area contributed by atoms with Crippen LogP contribution in [-0.2, 0) is 0 Å². The molecule has 0 saturated heterocycles. The fourth-order valence-electron chi connectivity index (χ4n) is 1.99. The molecule has 2 rings (SSSR count). The number of nitrogens with zero attached hydrogens (tertiary/aromatic N) is 3. The van der Waals surface area contributed by atoms with Crippen LogP contribution >= 0.6 is 0 Å². The zero-order chi connectivity index (χ0) is 12.3.